The van der Waals surface area contributed by atoms with Crippen molar-refractivity contribution in [1.82, 2.24) is 5.32 Å². The Hall–Kier alpha value is -1.14. The molecule has 0 spiro atoms. The Kier molecular flexibility index (Phi) is 4.19. The molecule has 6 heteroatoms. The SMILES string of the molecule is CN(c1cc(Br)ccc1[N+](=O)[O-])C1CCCNC1. The van der Waals surface area contributed by atoms with Gasteiger partial charge in [-0.2, -0.15) is 0 Å². The predicted octanol–water partition coefficient (Wildman–Crippen LogP) is 2.55. The Bertz CT molecular complexity index is 447. The maximum atomic E-state index is 11.1. The zero-order valence-electron chi connectivity index (χ0n) is 10.2. The second kappa shape index (κ2) is 5.67. The maximum Gasteiger partial charge on any atom is 0.292 e. The molecule has 1 heterocycles. The van der Waals surface area contributed by atoms with Crippen molar-refractivity contribution in [1.29, 1.82) is 0 Å². The number of nitrogens with one attached hydrogen (secondary N) is 1. The Labute approximate surface area is 114 Å². The first-order valence-corrected chi connectivity index (χ1v) is 6.76. The zero-order chi connectivity index (χ0) is 13.1. The molecule has 1 fully saturated rings. The third-order valence-electron chi connectivity index (χ3n) is 3.33. The van der Waals surface area contributed by atoms with Crippen molar-refractivity contribution < 1.29 is 4.92 Å². The quantitative estimate of drug-likeness (QED) is 0.688. The molecule has 0 saturated carbocycles. The number of nitrogens with zero attached hydrogens (tertiary/aromatic N) is 2. The molecule has 1 aromatic rings. The number of rotatable bonds is 3. The Morgan fingerprint density at radius 3 is 2.94 bits per heavy atom. The molecule has 0 radical (unpaired) electrons. The number of piperidine rings is 1. The van der Waals surface area contributed by atoms with E-state index in [2.05, 4.69) is 21.2 Å². The Balaban J connectivity index is 2.30. The van der Waals surface area contributed by atoms with Crippen LogP contribution in [-0.2, 0) is 0 Å². The molecule has 18 heavy (non-hydrogen) atoms. The number of hydrogen-bond donors (Lipinski definition) is 1. The predicted molar refractivity (Wildman–Crippen MR) is 75.1 cm³/mol. The number of likely N-dealkylation sites (N-methyl/N-ethyl adjacent to an activating group) is 1. The van der Waals surface area contributed by atoms with Crippen LogP contribution in [-0.4, -0.2) is 31.1 Å². The second-order valence-electron chi connectivity index (χ2n) is 4.50. The smallest absolute Gasteiger partial charge is 0.292 e. The van der Waals surface area contributed by atoms with Gasteiger partial charge in [-0.05, 0) is 31.5 Å². The van der Waals surface area contributed by atoms with E-state index in [1.807, 2.05) is 18.0 Å². The van der Waals surface area contributed by atoms with Gasteiger partial charge < -0.3 is 10.2 Å². The molecular formula is C12H16BrN3O2. The molecule has 2 rings (SSSR count). The summed E-state index contributed by atoms with van der Waals surface area (Å²) in [6.45, 7) is 1.91. The molecule has 0 amide bonds. The minimum absolute atomic E-state index is 0.159. The van der Waals surface area contributed by atoms with Crippen molar-refractivity contribution in [3.8, 4) is 0 Å². The standard InChI is InChI=1S/C12H16BrN3O2/c1-15(10-3-2-6-14-8-10)12-7-9(13)4-5-11(12)16(17)18/h4-5,7,10,14H,2-3,6,8H2,1H3. The highest BCUT2D eigenvalue weighted by molar-refractivity contribution is 9.10. The van der Waals surface area contributed by atoms with Gasteiger partial charge in [-0.1, -0.05) is 15.9 Å². The topological polar surface area (TPSA) is 58.4 Å². The highest BCUT2D eigenvalue weighted by Crippen LogP contribution is 2.32. The largest absolute Gasteiger partial charge is 0.365 e. The molecule has 5 nitrogen and oxygen atoms in total. The van der Waals surface area contributed by atoms with Crippen LogP contribution in [0.1, 0.15) is 12.8 Å². The van der Waals surface area contributed by atoms with Crippen molar-refractivity contribution in [2.75, 3.05) is 25.0 Å². The number of benzene rings is 1. The van der Waals surface area contributed by atoms with Crippen molar-refractivity contribution in [3.05, 3.63) is 32.8 Å². The zero-order valence-corrected chi connectivity index (χ0v) is 11.8. The first-order valence-electron chi connectivity index (χ1n) is 5.97. The van der Waals surface area contributed by atoms with Crippen LogP contribution in [0, 0.1) is 10.1 Å². The van der Waals surface area contributed by atoms with Gasteiger partial charge >= 0.3 is 0 Å². The lowest BCUT2D eigenvalue weighted by Gasteiger charge is -2.33. The van der Waals surface area contributed by atoms with E-state index in [1.54, 1.807) is 12.1 Å². The molecule has 98 valence electrons. The fourth-order valence-corrected chi connectivity index (χ4v) is 2.64. The van der Waals surface area contributed by atoms with E-state index >= 15 is 0 Å². The third kappa shape index (κ3) is 2.81. The lowest BCUT2D eigenvalue weighted by Crippen LogP contribution is -2.44. The van der Waals surface area contributed by atoms with Crippen molar-refractivity contribution in [2.24, 2.45) is 0 Å². The normalized spacial score (nSPS) is 19.6. The van der Waals surface area contributed by atoms with Crippen LogP contribution < -0.4 is 10.2 Å². The van der Waals surface area contributed by atoms with E-state index in [0.29, 0.717) is 11.7 Å². The van der Waals surface area contributed by atoms with Gasteiger partial charge in [0.2, 0.25) is 0 Å². The molecule has 1 aromatic carbocycles. The van der Waals surface area contributed by atoms with Crippen LogP contribution in [0.2, 0.25) is 0 Å². The number of anilines is 1. The minimum Gasteiger partial charge on any atom is -0.365 e. The van der Waals surface area contributed by atoms with Crippen LogP contribution in [0.15, 0.2) is 22.7 Å². The van der Waals surface area contributed by atoms with Gasteiger partial charge in [0, 0.05) is 30.2 Å². The first-order chi connectivity index (χ1) is 8.59. The van der Waals surface area contributed by atoms with Gasteiger partial charge in [-0.25, -0.2) is 0 Å². The summed E-state index contributed by atoms with van der Waals surface area (Å²) in [6, 6.07) is 5.37. The molecule has 1 atom stereocenters. The molecule has 0 aliphatic carbocycles. The summed E-state index contributed by atoms with van der Waals surface area (Å²) in [5.41, 5.74) is 0.828. The van der Waals surface area contributed by atoms with E-state index in [-0.39, 0.29) is 10.6 Å². The summed E-state index contributed by atoms with van der Waals surface area (Å²) in [7, 11) is 1.92. The van der Waals surface area contributed by atoms with Crippen molar-refractivity contribution >= 4 is 27.3 Å². The number of halogens is 1. The average molecular weight is 314 g/mol. The second-order valence-corrected chi connectivity index (χ2v) is 5.42. The monoisotopic (exact) mass is 313 g/mol. The highest BCUT2D eigenvalue weighted by Gasteiger charge is 2.24. The van der Waals surface area contributed by atoms with Crippen LogP contribution in [0.5, 0.6) is 0 Å². The van der Waals surface area contributed by atoms with E-state index in [4.69, 9.17) is 0 Å². The van der Waals surface area contributed by atoms with Gasteiger partial charge in [0.05, 0.1) is 4.92 Å². The average Bonchev–Trinajstić information content (AvgIpc) is 2.38. The van der Waals surface area contributed by atoms with E-state index in [0.717, 1.165) is 30.4 Å². The summed E-state index contributed by atoms with van der Waals surface area (Å²) in [6.07, 6.45) is 2.17. The molecule has 1 saturated heterocycles. The fourth-order valence-electron chi connectivity index (χ4n) is 2.29. The summed E-state index contributed by atoms with van der Waals surface area (Å²) < 4.78 is 0.860. The number of hydrogen-bond acceptors (Lipinski definition) is 4. The fraction of sp³-hybridized carbons (Fsp3) is 0.500. The van der Waals surface area contributed by atoms with Gasteiger partial charge in [-0.15, -0.1) is 0 Å². The lowest BCUT2D eigenvalue weighted by atomic mass is 10.1. The maximum absolute atomic E-state index is 11.1. The molecule has 0 aromatic heterocycles. The first kappa shape index (κ1) is 13.3. The molecule has 1 unspecified atom stereocenters. The van der Waals surface area contributed by atoms with Crippen LogP contribution in [0.4, 0.5) is 11.4 Å². The summed E-state index contributed by atoms with van der Waals surface area (Å²) in [5.74, 6) is 0. The third-order valence-corrected chi connectivity index (χ3v) is 3.83. The molecular weight excluding hydrogens is 298 g/mol. The molecule has 1 aliphatic heterocycles. The Morgan fingerprint density at radius 1 is 1.56 bits per heavy atom. The summed E-state index contributed by atoms with van der Waals surface area (Å²) in [5, 5.41) is 14.4. The highest BCUT2D eigenvalue weighted by atomic mass is 79.9. The van der Waals surface area contributed by atoms with Crippen LogP contribution >= 0.6 is 15.9 Å². The van der Waals surface area contributed by atoms with Crippen LogP contribution in [0.3, 0.4) is 0 Å². The van der Waals surface area contributed by atoms with E-state index in [1.165, 1.54) is 0 Å². The van der Waals surface area contributed by atoms with E-state index in [9.17, 15) is 10.1 Å². The number of nitro benzene ring substituents is 1. The van der Waals surface area contributed by atoms with E-state index < -0.39 is 0 Å². The number of nitro groups is 1. The lowest BCUT2D eigenvalue weighted by molar-refractivity contribution is -0.384. The van der Waals surface area contributed by atoms with Gasteiger partial charge in [0.25, 0.3) is 5.69 Å². The minimum atomic E-state index is -0.325. The van der Waals surface area contributed by atoms with Gasteiger partial charge in [-0.3, -0.25) is 10.1 Å². The van der Waals surface area contributed by atoms with Crippen molar-refractivity contribution in [3.63, 3.8) is 0 Å². The van der Waals surface area contributed by atoms with Crippen LogP contribution in [0.25, 0.3) is 0 Å². The Morgan fingerprint density at radius 2 is 2.33 bits per heavy atom. The molecule has 1 N–H and O–H groups in total. The molecule has 1 aliphatic rings. The van der Waals surface area contributed by atoms with Gasteiger partial charge in [0.15, 0.2) is 0 Å². The van der Waals surface area contributed by atoms with Crippen molar-refractivity contribution in [2.45, 2.75) is 18.9 Å². The summed E-state index contributed by atoms with van der Waals surface area (Å²) >= 11 is 3.37. The summed E-state index contributed by atoms with van der Waals surface area (Å²) in [4.78, 5) is 12.8. The van der Waals surface area contributed by atoms with Gasteiger partial charge in [0.1, 0.15) is 5.69 Å². The molecule has 0 bridgehead atoms.